The van der Waals surface area contributed by atoms with Gasteiger partial charge in [-0.3, -0.25) is 15.0 Å². The second kappa shape index (κ2) is 8.03. The number of amides is 2. The lowest BCUT2D eigenvalue weighted by Crippen LogP contribution is -2.44. The molecule has 5 nitrogen and oxygen atoms in total. The molecule has 0 spiro atoms. The van der Waals surface area contributed by atoms with Crippen LogP contribution < -0.4 is 10.2 Å². The van der Waals surface area contributed by atoms with Crippen LogP contribution in [-0.4, -0.2) is 28.3 Å². The van der Waals surface area contributed by atoms with Crippen molar-refractivity contribution in [3.8, 4) is 5.75 Å². The van der Waals surface area contributed by atoms with Gasteiger partial charge in [0.15, 0.2) is 4.32 Å². The van der Waals surface area contributed by atoms with E-state index in [9.17, 15) is 9.59 Å². The van der Waals surface area contributed by atoms with Gasteiger partial charge in [-0.15, -0.1) is 0 Å². The lowest BCUT2D eigenvalue weighted by molar-refractivity contribution is -0.123. The summed E-state index contributed by atoms with van der Waals surface area (Å²) in [6.45, 7) is 0. The minimum absolute atomic E-state index is 0.273. The number of carbonyl (C=O) groups is 2. The summed E-state index contributed by atoms with van der Waals surface area (Å²) in [4.78, 5) is 25.4. The third-order valence-corrected chi connectivity index (χ3v) is 5.53. The van der Waals surface area contributed by atoms with Crippen molar-refractivity contribution in [2.75, 3.05) is 7.11 Å². The third kappa shape index (κ3) is 3.98. The van der Waals surface area contributed by atoms with Crippen LogP contribution in [0.2, 0.25) is 0 Å². The maximum absolute atomic E-state index is 12.6. The van der Waals surface area contributed by atoms with E-state index < -0.39 is 5.91 Å². The predicted molar refractivity (Wildman–Crippen MR) is 110 cm³/mol. The maximum Gasteiger partial charge on any atom is 0.285 e. The normalized spacial score (nSPS) is 15.5. The van der Waals surface area contributed by atoms with Gasteiger partial charge < -0.3 is 4.74 Å². The highest BCUT2D eigenvalue weighted by Crippen LogP contribution is 2.32. The first-order valence-electron chi connectivity index (χ1n) is 7.47. The third-order valence-electron chi connectivity index (χ3n) is 3.54. The molecule has 0 bridgehead atoms. The molecule has 26 heavy (non-hydrogen) atoms. The maximum atomic E-state index is 12.6. The average molecular weight is 449 g/mol. The van der Waals surface area contributed by atoms with Crippen molar-refractivity contribution in [3.63, 3.8) is 0 Å². The Morgan fingerprint density at radius 3 is 2.58 bits per heavy atom. The van der Waals surface area contributed by atoms with E-state index in [2.05, 4.69) is 21.4 Å². The highest BCUT2D eigenvalue weighted by atomic mass is 79.9. The number of thiocarbonyl (C=S) groups is 1. The van der Waals surface area contributed by atoms with Gasteiger partial charge in [0.05, 0.1) is 17.6 Å². The standard InChI is InChI=1S/C18H13BrN2O3S2/c1-24-12-8-6-11(7-9-12)10-15-17(23)21(18(25)26-15)20-16(22)13-4-2-3-5-14(13)19/h2-10H,1H3,(H,20,22). The number of rotatable bonds is 4. The Bertz CT molecular complexity index is 913. The highest BCUT2D eigenvalue weighted by Gasteiger charge is 2.34. The van der Waals surface area contributed by atoms with Crippen molar-refractivity contribution >= 4 is 62.1 Å². The molecule has 1 fully saturated rings. The second-order valence-electron chi connectivity index (χ2n) is 5.21. The lowest BCUT2D eigenvalue weighted by atomic mass is 10.2. The van der Waals surface area contributed by atoms with Crippen LogP contribution in [0.1, 0.15) is 15.9 Å². The lowest BCUT2D eigenvalue weighted by Gasteiger charge is -2.16. The SMILES string of the molecule is COc1ccc(C=C2SC(=S)N(NC(=O)c3ccccc3Br)C2=O)cc1. The fraction of sp³-hybridized carbons (Fsp3) is 0.0556. The van der Waals surface area contributed by atoms with Crippen molar-refractivity contribution in [1.82, 2.24) is 10.4 Å². The van der Waals surface area contributed by atoms with E-state index >= 15 is 0 Å². The highest BCUT2D eigenvalue weighted by molar-refractivity contribution is 9.10. The smallest absolute Gasteiger partial charge is 0.285 e. The predicted octanol–water partition coefficient (Wildman–Crippen LogP) is 4.00. The number of hydrazine groups is 1. The summed E-state index contributed by atoms with van der Waals surface area (Å²) in [6, 6.07) is 14.2. The fourth-order valence-corrected chi connectivity index (χ4v) is 3.87. The molecular formula is C18H13BrN2O3S2. The van der Waals surface area contributed by atoms with Gasteiger partial charge in [0.2, 0.25) is 0 Å². The molecule has 1 heterocycles. The van der Waals surface area contributed by atoms with Gasteiger partial charge >= 0.3 is 0 Å². The van der Waals surface area contributed by atoms with Crippen LogP contribution in [0.4, 0.5) is 0 Å². The van der Waals surface area contributed by atoms with Crippen LogP contribution >= 0.6 is 39.9 Å². The first-order chi connectivity index (χ1) is 12.5. The minimum atomic E-state index is -0.417. The van der Waals surface area contributed by atoms with Crippen molar-refractivity contribution in [2.45, 2.75) is 0 Å². The van der Waals surface area contributed by atoms with Gasteiger partial charge in [0.1, 0.15) is 5.75 Å². The average Bonchev–Trinajstić information content (AvgIpc) is 2.90. The zero-order valence-electron chi connectivity index (χ0n) is 13.6. The summed E-state index contributed by atoms with van der Waals surface area (Å²) in [7, 11) is 1.59. The first-order valence-corrected chi connectivity index (χ1v) is 9.49. The van der Waals surface area contributed by atoms with E-state index in [1.54, 1.807) is 49.6 Å². The number of hydrogen-bond donors (Lipinski definition) is 1. The molecule has 0 radical (unpaired) electrons. The Morgan fingerprint density at radius 1 is 1.23 bits per heavy atom. The molecule has 2 aromatic carbocycles. The van der Waals surface area contributed by atoms with Gasteiger partial charge in [0, 0.05) is 4.47 Å². The zero-order chi connectivity index (χ0) is 18.7. The van der Waals surface area contributed by atoms with E-state index in [4.69, 9.17) is 17.0 Å². The number of nitrogens with zero attached hydrogens (tertiary/aromatic N) is 1. The first kappa shape index (κ1) is 18.6. The number of methoxy groups -OCH3 is 1. The number of thioether (sulfide) groups is 1. The van der Waals surface area contributed by atoms with Crippen LogP contribution in [0.3, 0.4) is 0 Å². The van der Waals surface area contributed by atoms with Crippen molar-refractivity contribution in [3.05, 3.63) is 69.0 Å². The summed E-state index contributed by atoms with van der Waals surface area (Å²) < 4.78 is 6.03. The number of carbonyl (C=O) groups excluding carboxylic acids is 2. The van der Waals surface area contributed by atoms with Gasteiger partial charge in [0.25, 0.3) is 11.8 Å². The number of nitrogens with one attached hydrogen (secondary N) is 1. The Hall–Kier alpha value is -2.16. The molecule has 3 rings (SSSR count). The number of hydrogen-bond acceptors (Lipinski definition) is 5. The largest absolute Gasteiger partial charge is 0.497 e. The molecule has 0 aliphatic carbocycles. The van der Waals surface area contributed by atoms with Crippen molar-refractivity contribution in [1.29, 1.82) is 0 Å². The van der Waals surface area contributed by atoms with E-state index in [1.165, 1.54) is 0 Å². The van der Waals surface area contributed by atoms with Crippen LogP contribution in [0.25, 0.3) is 6.08 Å². The summed E-state index contributed by atoms with van der Waals surface area (Å²) in [5.41, 5.74) is 3.82. The Kier molecular flexibility index (Phi) is 5.75. The summed E-state index contributed by atoms with van der Waals surface area (Å²) in [5, 5.41) is 1.09. The molecule has 0 unspecified atom stereocenters. The summed E-state index contributed by atoms with van der Waals surface area (Å²) in [6.07, 6.45) is 1.73. The summed E-state index contributed by atoms with van der Waals surface area (Å²) >= 11 is 9.69. The van der Waals surface area contributed by atoms with Gasteiger partial charge in [-0.2, -0.15) is 5.01 Å². The molecule has 0 atom stereocenters. The quantitative estimate of drug-likeness (QED) is 0.565. The van der Waals surface area contributed by atoms with E-state index in [1.807, 2.05) is 12.1 Å². The molecule has 1 aliphatic rings. The second-order valence-corrected chi connectivity index (χ2v) is 7.74. The van der Waals surface area contributed by atoms with Crippen molar-refractivity contribution in [2.24, 2.45) is 0 Å². The van der Waals surface area contributed by atoms with Crippen molar-refractivity contribution < 1.29 is 14.3 Å². The minimum Gasteiger partial charge on any atom is -0.497 e. The molecule has 2 aromatic rings. The monoisotopic (exact) mass is 448 g/mol. The van der Waals surface area contributed by atoms with Gasteiger partial charge in [-0.25, -0.2) is 0 Å². The molecule has 0 saturated carbocycles. The molecular weight excluding hydrogens is 436 g/mol. The molecule has 132 valence electrons. The van der Waals surface area contributed by atoms with E-state index in [-0.39, 0.29) is 10.2 Å². The number of benzene rings is 2. The molecule has 0 aromatic heterocycles. The summed E-state index contributed by atoms with van der Waals surface area (Å²) in [5.74, 6) is -0.0499. The molecule has 1 N–H and O–H groups in total. The van der Waals surface area contributed by atoms with E-state index in [0.717, 1.165) is 28.1 Å². The van der Waals surface area contributed by atoms with Crippen LogP contribution in [0.5, 0.6) is 5.75 Å². The van der Waals surface area contributed by atoms with Gasteiger partial charge in [-0.05, 0) is 64.1 Å². The number of halogens is 1. The zero-order valence-corrected chi connectivity index (χ0v) is 16.8. The van der Waals surface area contributed by atoms with Gasteiger partial charge in [-0.1, -0.05) is 36.0 Å². The fourth-order valence-electron chi connectivity index (χ4n) is 2.22. The Morgan fingerprint density at radius 2 is 1.92 bits per heavy atom. The topological polar surface area (TPSA) is 58.6 Å². The Balaban J connectivity index is 1.77. The van der Waals surface area contributed by atoms with Crippen LogP contribution in [0, 0.1) is 0 Å². The van der Waals surface area contributed by atoms with Crippen LogP contribution in [-0.2, 0) is 4.79 Å². The molecule has 2 amide bonds. The molecule has 1 aliphatic heterocycles. The molecule has 1 saturated heterocycles. The van der Waals surface area contributed by atoms with E-state index in [0.29, 0.717) is 14.9 Å². The Labute approximate surface area is 168 Å². The molecule has 8 heteroatoms. The number of ether oxygens (including phenoxy) is 1. The van der Waals surface area contributed by atoms with Crippen LogP contribution in [0.15, 0.2) is 57.9 Å².